The quantitative estimate of drug-likeness (QED) is 0.909. The van der Waals surface area contributed by atoms with E-state index in [4.69, 9.17) is 4.74 Å². The van der Waals surface area contributed by atoms with E-state index in [1.165, 1.54) is 13.0 Å². The van der Waals surface area contributed by atoms with Crippen molar-refractivity contribution in [3.8, 4) is 5.75 Å². The fraction of sp³-hybridized carbons (Fsp3) is 0.529. The lowest BCUT2D eigenvalue weighted by Crippen LogP contribution is -2.54. The largest absolute Gasteiger partial charge is 0.496 e. The van der Waals surface area contributed by atoms with Crippen molar-refractivity contribution in [1.82, 2.24) is 20.0 Å². The van der Waals surface area contributed by atoms with Gasteiger partial charge in [-0.05, 0) is 36.9 Å². The fourth-order valence-corrected chi connectivity index (χ4v) is 4.84. The van der Waals surface area contributed by atoms with E-state index in [0.717, 1.165) is 30.5 Å². The highest BCUT2D eigenvalue weighted by Crippen LogP contribution is 2.42. The van der Waals surface area contributed by atoms with E-state index in [0.29, 0.717) is 29.3 Å². The van der Waals surface area contributed by atoms with E-state index in [-0.39, 0.29) is 5.91 Å². The van der Waals surface area contributed by atoms with Gasteiger partial charge in [-0.15, -0.1) is 0 Å². The first-order chi connectivity index (χ1) is 11.3. The maximum absolute atomic E-state index is 13.2. The fourth-order valence-electron chi connectivity index (χ4n) is 4.84. The Bertz CT molecular complexity index is 786. The number of carbonyl (C=O) groups excluding carboxylic acids is 1. The number of H-pyrrole nitrogens is 1. The number of aromatic nitrogens is 2. The predicted octanol–water partition coefficient (Wildman–Crippen LogP) is 1.35. The third kappa shape index (κ3) is 1.78. The number of rotatable bonds is 2. The van der Waals surface area contributed by atoms with Gasteiger partial charge in [0.25, 0.3) is 5.91 Å². The molecular formula is C17H20N4O2. The molecular weight excluding hydrogens is 292 g/mol. The second-order valence-corrected chi connectivity index (χ2v) is 6.95. The van der Waals surface area contributed by atoms with Gasteiger partial charge in [-0.3, -0.25) is 9.89 Å². The summed E-state index contributed by atoms with van der Waals surface area (Å²) >= 11 is 0. The van der Waals surface area contributed by atoms with Crippen molar-refractivity contribution in [2.45, 2.75) is 12.5 Å². The number of aromatic amines is 1. The molecule has 6 heteroatoms. The number of ether oxygens (including phenoxy) is 1. The lowest BCUT2D eigenvalue weighted by Gasteiger charge is -2.44. The lowest BCUT2D eigenvalue weighted by atomic mass is 9.80. The Hall–Kier alpha value is -2.08. The number of piperidine rings is 3. The third-order valence-electron chi connectivity index (χ3n) is 5.88. The van der Waals surface area contributed by atoms with Crippen molar-refractivity contribution in [2.75, 3.05) is 33.3 Å². The standard InChI is InChI=1S/C17H20N4O2/c1-23-14-4-2-3-12-15(14)16(19-18-12)17(22)21-8-10-7-20-6-5-11(10)13(21)9-20/h2-4,10-11,13H,5-9H2,1H3,(H,18,19)/t10-,11-,13-/m1/s1. The summed E-state index contributed by atoms with van der Waals surface area (Å²) in [7, 11) is 1.63. The van der Waals surface area contributed by atoms with Crippen LogP contribution in [-0.4, -0.2) is 65.2 Å². The topological polar surface area (TPSA) is 61.5 Å². The highest BCUT2D eigenvalue weighted by molar-refractivity contribution is 6.07. The average molecular weight is 312 g/mol. The molecule has 0 saturated carbocycles. The molecule has 0 spiro atoms. The summed E-state index contributed by atoms with van der Waals surface area (Å²) in [6, 6.07) is 6.07. The van der Waals surface area contributed by atoms with E-state index >= 15 is 0 Å². The summed E-state index contributed by atoms with van der Waals surface area (Å²) in [5.74, 6) is 2.06. The summed E-state index contributed by atoms with van der Waals surface area (Å²) in [5.41, 5.74) is 1.34. The molecule has 4 saturated heterocycles. The molecule has 1 N–H and O–H groups in total. The zero-order chi connectivity index (χ0) is 15.6. The Morgan fingerprint density at radius 3 is 3.04 bits per heavy atom. The number of nitrogens with zero attached hydrogens (tertiary/aromatic N) is 3. The van der Waals surface area contributed by atoms with Crippen molar-refractivity contribution < 1.29 is 9.53 Å². The van der Waals surface area contributed by atoms with Crippen LogP contribution >= 0.6 is 0 Å². The number of hydrogen-bond donors (Lipinski definition) is 1. The van der Waals surface area contributed by atoms with Gasteiger partial charge >= 0.3 is 0 Å². The van der Waals surface area contributed by atoms with Gasteiger partial charge in [-0.1, -0.05) is 6.07 Å². The Balaban J connectivity index is 1.54. The molecule has 120 valence electrons. The number of benzene rings is 1. The van der Waals surface area contributed by atoms with Gasteiger partial charge in [0.2, 0.25) is 0 Å². The number of likely N-dealkylation sites (tertiary alicyclic amines) is 1. The van der Waals surface area contributed by atoms with Gasteiger partial charge in [0.05, 0.1) is 18.0 Å². The minimum absolute atomic E-state index is 0.0435. The molecule has 4 fully saturated rings. The third-order valence-corrected chi connectivity index (χ3v) is 5.88. The van der Waals surface area contributed by atoms with Crippen LogP contribution < -0.4 is 4.74 Å². The van der Waals surface area contributed by atoms with Crippen molar-refractivity contribution in [3.63, 3.8) is 0 Å². The second-order valence-electron chi connectivity index (χ2n) is 6.95. The molecule has 6 nitrogen and oxygen atoms in total. The Morgan fingerprint density at radius 2 is 2.26 bits per heavy atom. The van der Waals surface area contributed by atoms with Gasteiger partial charge in [-0.2, -0.15) is 5.10 Å². The molecule has 5 heterocycles. The van der Waals surface area contributed by atoms with Crippen LogP contribution in [0.3, 0.4) is 0 Å². The Morgan fingerprint density at radius 1 is 1.35 bits per heavy atom. The maximum Gasteiger partial charge on any atom is 0.275 e. The number of carbonyl (C=O) groups is 1. The van der Waals surface area contributed by atoms with E-state index in [1.807, 2.05) is 18.2 Å². The van der Waals surface area contributed by atoms with Crippen molar-refractivity contribution >= 4 is 16.8 Å². The molecule has 1 aromatic carbocycles. The Labute approximate surface area is 134 Å². The minimum atomic E-state index is 0.0435. The van der Waals surface area contributed by atoms with Crippen LogP contribution in [0.1, 0.15) is 16.9 Å². The van der Waals surface area contributed by atoms with Crippen molar-refractivity contribution in [1.29, 1.82) is 0 Å². The summed E-state index contributed by atoms with van der Waals surface area (Å²) < 4.78 is 5.44. The maximum atomic E-state index is 13.2. The van der Waals surface area contributed by atoms with Crippen molar-refractivity contribution in [3.05, 3.63) is 23.9 Å². The van der Waals surface area contributed by atoms with Crippen molar-refractivity contribution in [2.24, 2.45) is 11.8 Å². The lowest BCUT2D eigenvalue weighted by molar-refractivity contribution is 0.0420. The van der Waals surface area contributed by atoms with Crippen LogP contribution in [0, 0.1) is 11.8 Å². The molecule has 1 unspecified atom stereocenters. The number of hydrogen-bond acceptors (Lipinski definition) is 4. The molecule has 0 radical (unpaired) electrons. The molecule has 0 aliphatic carbocycles. The number of methoxy groups -OCH3 is 1. The highest BCUT2D eigenvalue weighted by atomic mass is 16.5. The molecule has 2 aromatic rings. The molecule has 6 rings (SSSR count). The van der Waals surface area contributed by atoms with Gasteiger partial charge in [0.15, 0.2) is 5.69 Å². The Kier molecular flexibility index (Phi) is 2.74. The smallest absolute Gasteiger partial charge is 0.275 e. The monoisotopic (exact) mass is 312 g/mol. The number of fused-ring (bicyclic) bond motifs is 2. The highest BCUT2D eigenvalue weighted by Gasteiger charge is 2.51. The SMILES string of the molecule is COc1cccc2[nH]nc(C(=O)N3C[C@H]4CN5CC[C@H]4[C@H]3C5)c12. The summed E-state index contributed by atoms with van der Waals surface area (Å²) in [4.78, 5) is 17.8. The molecule has 4 aliphatic heterocycles. The first-order valence-corrected chi connectivity index (χ1v) is 8.30. The average Bonchev–Trinajstić information content (AvgIpc) is 3.13. The summed E-state index contributed by atoms with van der Waals surface area (Å²) in [5, 5.41) is 8.09. The molecule has 4 aliphatic rings. The van der Waals surface area contributed by atoms with Crippen LogP contribution in [0.15, 0.2) is 18.2 Å². The van der Waals surface area contributed by atoms with Crippen LogP contribution in [0.5, 0.6) is 5.75 Å². The first kappa shape index (κ1) is 13.4. The molecule has 4 atom stereocenters. The predicted molar refractivity (Wildman–Crippen MR) is 85.5 cm³/mol. The van der Waals surface area contributed by atoms with Crippen LogP contribution in [0.25, 0.3) is 10.9 Å². The van der Waals surface area contributed by atoms with Gasteiger partial charge < -0.3 is 14.5 Å². The van der Waals surface area contributed by atoms with E-state index in [9.17, 15) is 4.79 Å². The number of amides is 1. The summed E-state index contributed by atoms with van der Waals surface area (Å²) in [6.07, 6.45) is 1.23. The zero-order valence-corrected chi connectivity index (χ0v) is 13.2. The van der Waals surface area contributed by atoms with E-state index in [2.05, 4.69) is 20.0 Å². The van der Waals surface area contributed by atoms with Gasteiger partial charge in [0.1, 0.15) is 5.75 Å². The minimum Gasteiger partial charge on any atom is -0.496 e. The molecule has 4 bridgehead atoms. The summed E-state index contributed by atoms with van der Waals surface area (Å²) in [6.45, 7) is 4.23. The molecule has 1 aromatic heterocycles. The first-order valence-electron chi connectivity index (χ1n) is 8.30. The second kappa shape index (κ2) is 4.71. The zero-order valence-electron chi connectivity index (χ0n) is 13.2. The van der Waals surface area contributed by atoms with Crippen LogP contribution in [0.2, 0.25) is 0 Å². The van der Waals surface area contributed by atoms with Gasteiger partial charge in [0, 0.05) is 25.7 Å². The van der Waals surface area contributed by atoms with E-state index < -0.39 is 0 Å². The normalized spacial score (nSPS) is 31.8. The van der Waals surface area contributed by atoms with Crippen LogP contribution in [0.4, 0.5) is 0 Å². The van der Waals surface area contributed by atoms with Gasteiger partial charge in [-0.25, -0.2) is 0 Å². The molecule has 23 heavy (non-hydrogen) atoms. The van der Waals surface area contributed by atoms with E-state index in [1.54, 1.807) is 7.11 Å². The molecule has 1 amide bonds. The van der Waals surface area contributed by atoms with Crippen LogP contribution in [-0.2, 0) is 0 Å². The number of nitrogens with one attached hydrogen (secondary N) is 1.